The van der Waals surface area contributed by atoms with Gasteiger partial charge in [-0.25, -0.2) is 4.79 Å². The van der Waals surface area contributed by atoms with Crippen LogP contribution in [0.3, 0.4) is 0 Å². The van der Waals surface area contributed by atoms with Gasteiger partial charge in [-0.3, -0.25) is 14.5 Å². The molecule has 0 aromatic heterocycles. The first kappa shape index (κ1) is 26.9. The summed E-state index contributed by atoms with van der Waals surface area (Å²) in [5.74, 6) is -0.474. The van der Waals surface area contributed by atoms with E-state index in [9.17, 15) is 14.4 Å². The SMILES string of the molecule is CNC(=O)CN(C)C(=O)CN1CC2(CCC(c3ccccc3)(N(C)C)CC2)N(CCCOC)C1=O. The highest BCUT2D eigenvalue weighted by molar-refractivity contribution is 5.88. The van der Waals surface area contributed by atoms with Crippen LogP contribution < -0.4 is 5.32 Å². The molecule has 2 fully saturated rings. The fraction of sp³-hybridized carbons (Fsp3) is 0.654. The molecule has 0 bridgehead atoms. The molecule has 2 aliphatic rings. The summed E-state index contributed by atoms with van der Waals surface area (Å²) in [7, 11) is 9.07. The molecule has 4 amide bonds. The van der Waals surface area contributed by atoms with Crippen molar-refractivity contribution in [3.8, 4) is 0 Å². The Bertz CT molecular complexity index is 883. The van der Waals surface area contributed by atoms with Crippen molar-refractivity contribution in [2.24, 2.45) is 0 Å². The quantitative estimate of drug-likeness (QED) is 0.508. The molecule has 35 heavy (non-hydrogen) atoms. The van der Waals surface area contributed by atoms with Crippen molar-refractivity contribution >= 4 is 17.8 Å². The molecule has 1 heterocycles. The molecular weight excluding hydrogens is 446 g/mol. The number of hydrogen-bond donors (Lipinski definition) is 1. The first-order valence-electron chi connectivity index (χ1n) is 12.4. The topological polar surface area (TPSA) is 85.4 Å². The summed E-state index contributed by atoms with van der Waals surface area (Å²) in [6.45, 7) is 1.66. The van der Waals surface area contributed by atoms with Gasteiger partial charge in [0.25, 0.3) is 0 Å². The normalized spacial score (nSPS) is 24.3. The minimum atomic E-state index is -0.307. The minimum Gasteiger partial charge on any atom is -0.385 e. The molecule has 3 rings (SSSR count). The molecule has 0 atom stereocenters. The number of hydrogen-bond acceptors (Lipinski definition) is 5. The maximum atomic E-state index is 13.5. The Balaban J connectivity index is 1.79. The van der Waals surface area contributed by atoms with Crippen molar-refractivity contribution in [2.75, 3.05) is 68.1 Å². The van der Waals surface area contributed by atoms with Crippen LogP contribution in [-0.2, 0) is 19.9 Å². The van der Waals surface area contributed by atoms with Gasteiger partial charge in [0.15, 0.2) is 0 Å². The maximum Gasteiger partial charge on any atom is 0.321 e. The predicted molar refractivity (Wildman–Crippen MR) is 135 cm³/mol. The zero-order valence-corrected chi connectivity index (χ0v) is 21.9. The van der Waals surface area contributed by atoms with E-state index in [2.05, 4.69) is 48.6 Å². The van der Waals surface area contributed by atoms with Crippen molar-refractivity contribution in [1.82, 2.24) is 24.9 Å². The van der Waals surface area contributed by atoms with Gasteiger partial charge in [0.1, 0.15) is 6.54 Å². The van der Waals surface area contributed by atoms with E-state index in [1.54, 1.807) is 26.1 Å². The van der Waals surface area contributed by atoms with Gasteiger partial charge in [0.2, 0.25) is 11.8 Å². The lowest BCUT2D eigenvalue weighted by Gasteiger charge is -2.51. The Morgan fingerprint density at radius 3 is 2.31 bits per heavy atom. The standard InChI is InChI=1S/C26H41N5O4/c1-27-22(32)18-29(4)23(33)19-30-20-25(31(24(30)34)16-9-17-35-5)12-14-26(15-13-25,28(2)3)21-10-7-6-8-11-21/h6-8,10-11H,9,12-20H2,1-5H3,(H,27,32). The molecule has 1 N–H and O–H groups in total. The number of carbonyl (C=O) groups is 3. The Morgan fingerprint density at radius 1 is 1.09 bits per heavy atom. The first-order chi connectivity index (χ1) is 16.7. The van der Waals surface area contributed by atoms with Gasteiger partial charge >= 0.3 is 6.03 Å². The van der Waals surface area contributed by atoms with Crippen LogP contribution in [0.1, 0.15) is 37.7 Å². The number of amides is 4. The maximum absolute atomic E-state index is 13.5. The third kappa shape index (κ3) is 5.62. The van der Waals surface area contributed by atoms with Crippen molar-refractivity contribution in [3.05, 3.63) is 35.9 Å². The number of ether oxygens (including phenoxy) is 1. The van der Waals surface area contributed by atoms with E-state index >= 15 is 0 Å². The van der Waals surface area contributed by atoms with Crippen LogP contribution in [0.5, 0.6) is 0 Å². The molecule has 0 radical (unpaired) electrons. The summed E-state index contributed by atoms with van der Waals surface area (Å²) < 4.78 is 5.25. The van der Waals surface area contributed by atoms with Crippen LogP contribution in [0.25, 0.3) is 0 Å². The molecule has 0 unspecified atom stereocenters. The zero-order valence-electron chi connectivity index (χ0n) is 21.9. The third-order valence-electron chi connectivity index (χ3n) is 7.88. The monoisotopic (exact) mass is 487 g/mol. The highest BCUT2D eigenvalue weighted by Gasteiger charge is 2.54. The van der Waals surface area contributed by atoms with Crippen LogP contribution in [0, 0.1) is 0 Å². The lowest BCUT2D eigenvalue weighted by atomic mass is 9.68. The third-order valence-corrected chi connectivity index (χ3v) is 7.88. The van der Waals surface area contributed by atoms with Crippen LogP contribution >= 0.6 is 0 Å². The van der Waals surface area contributed by atoms with Crippen LogP contribution in [0.2, 0.25) is 0 Å². The Kier molecular flexibility index (Phi) is 8.77. The average Bonchev–Trinajstić information content (AvgIpc) is 3.10. The lowest BCUT2D eigenvalue weighted by Crippen LogP contribution is -2.55. The average molecular weight is 488 g/mol. The molecule has 1 aliphatic heterocycles. The fourth-order valence-electron chi connectivity index (χ4n) is 5.67. The number of rotatable bonds is 10. The summed E-state index contributed by atoms with van der Waals surface area (Å²) in [5.41, 5.74) is 0.918. The molecule has 9 nitrogen and oxygen atoms in total. The summed E-state index contributed by atoms with van der Waals surface area (Å²) in [5, 5.41) is 2.53. The number of urea groups is 1. The van der Waals surface area contributed by atoms with Crippen LogP contribution in [0.4, 0.5) is 4.79 Å². The first-order valence-corrected chi connectivity index (χ1v) is 12.4. The largest absolute Gasteiger partial charge is 0.385 e. The molecule has 1 aromatic carbocycles. The minimum absolute atomic E-state index is 0.0215. The number of benzene rings is 1. The van der Waals surface area contributed by atoms with E-state index in [0.29, 0.717) is 19.7 Å². The lowest BCUT2D eigenvalue weighted by molar-refractivity contribution is -0.134. The Morgan fingerprint density at radius 2 is 1.74 bits per heavy atom. The molecule has 1 aromatic rings. The van der Waals surface area contributed by atoms with Crippen molar-refractivity contribution < 1.29 is 19.1 Å². The summed E-state index contributed by atoms with van der Waals surface area (Å²) in [6.07, 6.45) is 4.32. The van der Waals surface area contributed by atoms with Gasteiger partial charge in [0, 0.05) is 46.4 Å². The second-order valence-corrected chi connectivity index (χ2v) is 10.1. The van der Waals surface area contributed by atoms with E-state index in [4.69, 9.17) is 4.74 Å². The summed E-state index contributed by atoms with van der Waals surface area (Å²) >= 11 is 0. The smallest absolute Gasteiger partial charge is 0.321 e. The van der Waals surface area contributed by atoms with Gasteiger partial charge in [-0.1, -0.05) is 30.3 Å². The van der Waals surface area contributed by atoms with Gasteiger partial charge in [-0.2, -0.15) is 0 Å². The molecule has 194 valence electrons. The van der Waals surface area contributed by atoms with Crippen molar-refractivity contribution in [1.29, 1.82) is 0 Å². The van der Waals surface area contributed by atoms with Crippen LogP contribution in [0.15, 0.2) is 30.3 Å². The van der Waals surface area contributed by atoms with E-state index in [1.165, 1.54) is 10.5 Å². The zero-order chi connectivity index (χ0) is 25.6. The van der Waals surface area contributed by atoms with Gasteiger partial charge in [-0.05, 0) is 51.8 Å². The fourth-order valence-corrected chi connectivity index (χ4v) is 5.67. The number of nitrogens with one attached hydrogen (secondary N) is 1. The Hall–Kier alpha value is -2.65. The Labute approximate surface area is 209 Å². The second kappa shape index (κ2) is 11.4. The highest BCUT2D eigenvalue weighted by atomic mass is 16.5. The van der Waals surface area contributed by atoms with Gasteiger partial charge in [-0.15, -0.1) is 0 Å². The number of nitrogens with zero attached hydrogens (tertiary/aromatic N) is 4. The number of carbonyl (C=O) groups excluding carboxylic acids is 3. The highest BCUT2D eigenvalue weighted by Crippen LogP contribution is 2.48. The predicted octanol–water partition coefficient (Wildman–Crippen LogP) is 1.73. The van der Waals surface area contributed by atoms with Gasteiger partial charge in [0.05, 0.1) is 12.1 Å². The van der Waals surface area contributed by atoms with E-state index < -0.39 is 0 Å². The second-order valence-electron chi connectivity index (χ2n) is 10.1. The molecule has 1 aliphatic carbocycles. The molecule has 1 saturated carbocycles. The summed E-state index contributed by atoms with van der Waals surface area (Å²) in [6, 6.07) is 10.5. The molecule has 1 saturated heterocycles. The van der Waals surface area contributed by atoms with E-state index in [1.807, 2.05) is 11.0 Å². The van der Waals surface area contributed by atoms with Crippen molar-refractivity contribution in [2.45, 2.75) is 43.2 Å². The van der Waals surface area contributed by atoms with Gasteiger partial charge < -0.3 is 24.8 Å². The number of likely N-dealkylation sites (N-methyl/N-ethyl adjacent to an activating group) is 2. The molecule has 9 heteroatoms. The van der Waals surface area contributed by atoms with E-state index in [0.717, 1.165) is 32.1 Å². The number of methoxy groups -OCH3 is 1. The van der Waals surface area contributed by atoms with Crippen LogP contribution in [-0.4, -0.2) is 111 Å². The summed E-state index contributed by atoms with van der Waals surface area (Å²) in [4.78, 5) is 45.4. The molecule has 1 spiro atoms. The molecular formula is C26H41N5O4. The van der Waals surface area contributed by atoms with Crippen molar-refractivity contribution in [3.63, 3.8) is 0 Å². The van der Waals surface area contributed by atoms with E-state index in [-0.39, 0.29) is 42.0 Å².